The van der Waals surface area contributed by atoms with Crippen molar-refractivity contribution in [3.63, 3.8) is 0 Å². The van der Waals surface area contributed by atoms with Crippen molar-refractivity contribution < 1.29 is 0 Å². The van der Waals surface area contributed by atoms with Gasteiger partial charge in [0, 0.05) is 12.6 Å². The van der Waals surface area contributed by atoms with Crippen LogP contribution in [0.2, 0.25) is 5.15 Å². The molecule has 0 atom stereocenters. The first-order chi connectivity index (χ1) is 7.74. The first kappa shape index (κ1) is 10.1. The molecule has 0 amide bonds. The molecule has 1 N–H and O–H groups in total. The maximum Gasteiger partial charge on any atom is 0.155 e. The number of aromatic nitrogens is 2. The van der Waals surface area contributed by atoms with Crippen LogP contribution in [0.5, 0.6) is 0 Å². The molecule has 3 rings (SSSR count). The number of rotatable bonds is 2. The van der Waals surface area contributed by atoms with Gasteiger partial charge in [-0.25, -0.2) is 4.98 Å². The van der Waals surface area contributed by atoms with Gasteiger partial charge in [-0.1, -0.05) is 11.6 Å². The fourth-order valence-corrected chi connectivity index (χ4v) is 2.35. The van der Waals surface area contributed by atoms with Crippen molar-refractivity contribution in [2.75, 3.05) is 13.1 Å². The second-order valence-corrected chi connectivity index (χ2v) is 4.86. The molecule has 2 aromatic heterocycles. The first-order valence-electron chi connectivity index (χ1n) is 5.58. The summed E-state index contributed by atoms with van der Waals surface area (Å²) in [7, 11) is 0. The fraction of sp³-hybridized carbons (Fsp3) is 0.417. The minimum atomic E-state index is 0.617. The maximum atomic E-state index is 6.15. The van der Waals surface area contributed by atoms with Crippen molar-refractivity contribution in [3.05, 3.63) is 34.9 Å². The number of hydrogen-bond donors (Lipinski definition) is 1. The van der Waals surface area contributed by atoms with Gasteiger partial charge in [0.1, 0.15) is 5.82 Å². The lowest BCUT2D eigenvalue weighted by molar-refractivity contribution is 0.340. The zero-order valence-corrected chi connectivity index (χ0v) is 9.96. The second-order valence-electron chi connectivity index (χ2n) is 4.51. The summed E-state index contributed by atoms with van der Waals surface area (Å²) in [4.78, 5) is 4.45. The molecule has 0 bridgehead atoms. The summed E-state index contributed by atoms with van der Waals surface area (Å²) in [5.74, 6) is 1.79. The number of nitrogens with one attached hydrogen (secondary N) is 1. The van der Waals surface area contributed by atoms with Crippen molar-refractivity contribution in [1.29, 1.82) is 0 Å². The highest BCUT2D eigenvalue weighted by molar-refractivity contribution is 6.32. The minimum absolute atomic E-state index is 0.617. The van der Waals surface area contributed by atoms with Gasteiger partial charge in [0.15, 0.2) is 5.15 Å². The zero-order chi connectivity index (χ0) is 11.1. The van der Waals surface area contributed by atoms with Crippen LogP contribution in [0.4, 0.5) is 0 Å². The van der Waals surface area contributed by atoms with Crippen molar-refractivity contribution in [1.82, 2.24) is 14.7 Å². The Morgan fingerprint density at radius 1 is 1.56 bits per heavy atom. The van der Waals surface area contributed by atoms with Crippen molar-refractivity contribution in [2.24, 2.45) is 5.92 Å². The number of aryl methyl sites for hydroxylation is 1. The van der Waals surface area contributed by atoms with Crippen LogP contribution >= 0.6 is 11.6 Å². The summed E-state index contributed by atoms with van der Waals surface area (Å²) < 4.78 is 2.10. The topological polar surface area (TPSA) is 29.3 Å². The molecular weight excluding hydrogens is 222 g/mol. The van der Waals surface area contributed by atoms with Crippen LogP contribution in [0.15, 0.2) is 18.3 Å². The summed E-state index contributed by atoms with van der Waals surface area (Å²) in [6.07, 6.45) is 3.06. The molecule has 1 aliphatic rings. The predicted octanol–water partition coefficient (Wildman–Crippen LogP) is 2.06. The van der Waals surface area contributed by atoms with Crippen LogP contribution < -0.4 is 5.32 Å². The number of hydrogen-bond acceptors (Lipinski definition) is 2. The highest BCUT2D eigenvalue weighted by Crippen LogP contribution is 2.21. The van der Waals surface area contributed by atoms with E-state index in [4.69, 9.17) is 11.6 Å². The van der Waals surface area contributed by atoms with Gasteiger partial charge in [-0.15, -0.1) is 0 Å². The molecule has 1 aliphatic heterocycles. The third-order valence-electron chi connectivity index (χ3n) is 3.16. The Hall–Kier alpha value is -1.06. The third kappa shape index (κ3) is 1.60. The van der Waals surface area contributed by atoms with Crippen LogP contribution in [0.25, 0.3) is 5.52 Å². The molecule has 0 unspecified atom stereocenters. The van der Waals surface area contributed by atoms with Gasteiger partial charge in [-0.3, -0.25) is 0 Å². The van der Waals surface area contributed by atoms with Crippen LogP contribution in [0.1, 0.15) is 11.4 Å². The lowest BCUT2D eigenvalue weighted by Gasteiger charge is -2.26. The standard InChI is InChI=1S/C12H14ClN3/c1-8-2-3-16-10(4-8)12(13)15-11(16)5-9-6-14-7-9/h2-4,9,14H,5-7H2,1H3. The Kier molecular flexibility index (Phi) is 2.37. The average molecular weight is 236 g/mol. The average Bonchev–Trinajstić information content (AvgIpc) is 2.50. The van der Waals surface area contributed by atoms with Gasteiger partial charge in [0.25, 0.3) is 0 Å². The lowest BCUT2D eigenvalue weighted by Crippen LogP contribution is -2.43. The van der Waals surface area contributed by atoms with Crippen molar-refractivity contribution >= 4 is 17.1 Å². The van der Waals surface area contributed by atoms with Crippen LogP contribution in [-0.2, 0) is 6.42 Å². The molecule has 2 aromatic rings. The highest BCUT2D eigenvalue weighted by Gasteiger charge is 2.20. The first-order valence-corrected chi connectivity index (χ1v) is 5.95. The molecule has 0 saturated carbocycles. The Morgan fingerprint density at radius 2 is 2.38 bits per heavy atom. The molecule has 4 heteroatoms. The Balaban J connectivity index is 2.03. The summed E-state index contributed by atoms with van der Waals surface area (Å²) >= 11 is 6.15. The third-order valence-corrected chi connectivity index (χ3v) is 3.44. The van der Waals surface area contributed by atoms with Gasteiger partial charge >= 0.3 is 0 Å². The summed E-state index contributed by atoms with van der Waals surface area (Å²) in [5, 5.41) is 3.89. The SMILES string of the molecule is Cc1ccn2c(CC3CNC3)nc(Cl)c2c1. The smallest absolute Gasteiger partial charge is 0.155 e. The van der Waals surface area contributed by atoms with Crippen LogP contribution in [0.3, 0.4) is 0 Å². The monoisotopic (exact) mass is 235 g/mol. The van der Waals surface area contributed by atoms with E-state index in [2.05, 4.69) is 40.0 Å². The van der Waals surface area contributed by atoms with E-state index in [1.54, 1.807) is 0 Å². The van der Waals surface area contributed by atoms with E-state index < -0.39 is 0 Å². The quantitative estimate of drug-likeness (QED) is 0.864. The molecule has 84 valence electrons. The van der Waals surface area contributed by atoms with E-state index in [1.165, 1.54) is 5.56 Å². The normalized spacial score (nSPS) is 16.6. The van der Waals surface area contributed by atoms with Crippen molar-refractivity contribution in [3.8, 4) is 0 Å². The molecule has 3 heterocycles. The van der Waals surface area contributed by atoms with E-state index >= 15 is 0 Å². The molecule has 0 aromatic carbocycles. The Morgan fingerprint density at radius 3 is 3.06 bits per heavy atom. The van der Waals surface area contributed by atoms with E-state index in [9.17, 15) is 0 Å². The van der Waals surface area contributed by atoms with Gasteiger partial charge in [0.2, 0.25) is 0 Å². The molecule has 3 nitrogen and oxygen atoms in total. The minimum Gasteiger partial charge on any atom is -0.316 e. The predicted molar refractivity (Wildman–Crippen MR) is 65.0 cm³/mol. The van der Waals surface area contributed by atoms with Gasteiger partial charge in [-0.05, 0) is 43.6 Å². The molecule has 0 aliphatic carbocycles. The number of fused-ring (bicyclic) bond motifs is 1. The van der Waals surface area contributed by atoms with E-state index in [1.807, 2.05) is 0 Å². The summed E-state index contributed by atoms with van der Waals surface area (Å²) in [5.41, 5.74) is 2.23. The Bertz CT molecular complexity index is 528. The number of pyridine rings is 1. The number of imidazole rings is 1. The van der Waals surface area contributed by atoms with Crippen LogP contribution in [0, 0.1) is 12.8 Å². The second kappa shape index (κ2) is 3.75. The summed E-state index contributed by atoms with van der Waals surface area (Å²) in [6.45, 7) is 4.26. The molecule has 1 fully saturated rings. The molecular formula is C12H14ClN3. The molecule has 16 heavy (non-hydrogen) atoms. The zero-order valence-electron chi connectivity index (χ0n) is 9.20. The number of nitrogens with zero attached hydrogens (tertiary/aromatic N) is 2. The largest absolute Gasteiger partial charge is 0.316 e. The van der Waals surface area contributed by atoms with Crippen LogP contribution in [-0.4, -0.2) is 22.5 Å². The number of halogens is 1. The van der Waals surface area contributed by atoms with Gasteiger partial charge in [-0.2, -0.15) is 0 Å². The van der Waals surface area contributed by atoms with Gasteiger partial charge < -0.3 is 9.72 Å². The van der Waals surface area contributed by atoms with Crippen molar-refractivity contribution in [2.45, 2.75) is 13.3 Å². The highest BCUT2D eigenvalue weighted by atomic mass is 35.5. The van der Waals surface area contributed by atoms with E-state index in [0.717, 1.165) is 30.9 Å². The Labute approximate surface area is 99.4 Å². The fourth-order valence-electron chi connectivity index (χ4n) is 2.11. The lowest BCUT2D eigenvalue weighted by atomic mass is 9.99. The van der Waals surface area contributed by atoms with Gasteiger partial charge in [0.05, 0.1) is 5.52 Å². The molecule has 1 saturated heterocycles. The van der Waals surface area contributed by atoms with E-state index in [-0.39, 0.29) is 0 Å². The summed E-state index contributed by atoms with van der Waals surface area (Å²) in [6, 6.07) is 4.17. The maximum absolute atomic E-state index is 6.15. The van der Waals surface area contributed by atoms with E-state index in [0.29, 0.717) is 11.1 Å². The molecule has 0 spiro atoms. The molecule has 0 radical (unpaired) electrons.